The largest absolute Gasteiger partial charge is 0.354 e. The first-order valence-corrected chi connectivity index (χ1v) is 21.2. The van der Waals surface area contributed by atoms with Gasteiger partial charge in [-0.05, 0) is 93.0 Å². The maximum absolute atomic E-state index is 5.47. The number of rotatable bonds is 13. The minimum atomic E-state index is 0.768. The van der Waals surface area contributed by atoms with Crippen molar-refractivity contribution in [2.24, 2.45) is 0 Å². The minimum absolute atomic E-state index is 0.768. The van der Waals surface area contributed by atoms with Gasteiger partial charge >= 0.3 is 0 Å². The molecule has 0 saturated heterocycles. The number of aromatic amines is 2. The summed E-state index contributed by atoms with van der Waals surface area (Å²) in [6, 6.07) is 8.67. The second kappa shape index (κ2) is 26.6. The van der Waals surface area contributed by atoms with Crippen LogP contribution in [0.15, 0.2) is 160 Å². The lowest BCUT2D eigenvalue weighted by molar-refractivity contribution is 1.02. The normalized spacial score (nSPS) is 13.4. The highest BCUT2D eigenvalue weighted by Crippen LogP contribution is 2.35. The van der Waals surface area contributed by atoms with Crippen LogP contribution >= 0.6 is 0 Å². The van der Waals surface area contributed by atoms with Gasteiger partial charge < -0.3 is 9.97 Å². The molecule has 0 spiro atoms. The molecule has 0 amide bonds. The molecule has 4 nitrogen and oxygen atoms in total. The average Bonchev–Trinajstić information content (AvgIpc) is 4.13. The Morgan fingerprint density at radius 1 is 0.424 bits per heavy atom. The van der Waals surface area contributed by atoms with E-state index in [1.165, 1.54) is 0 Å². The number of nitrogens with one attached hydrogen (secondary N) is 2. The molecule has 0 aromatic carbocycles. The van der Waals surface area contributed by atoms with E-state index in [-0.39, 0.29) is 0 Å². The van der Waals surface area contributed by atoms with Gasteiger partial charge in [0.25, 0.3) is 0 Å². The molecule has 3 aromatic rings. The molecule has 3 aromatic heterocycles. The van der Waals surface area contributed by atoms with Crippen LogP contribution in [-0.4, -0.2) is 19.9 Å². The Kier molecular flexibility index (Phi) is 22.1. The van der Waals surface area contributed by atoms with Gasteiger partial charge in [-0.3, -0.25) is 9.97 Å². The average molecular weight is 785 g/mol. The Hall–Kier alpha value is -6.26. The summed E-state index contributed by atoms with van der Waals surface area (Å²) in [5.74, 6) is 0. The molecular formula is C55H68N4. The molecule has 0 fully saturated rings. The summed E-state index contributed by atoms with van der Waals surface area (Å²) < 4.78 is 0. The molecule has 0 atom stereocenters. The van der Waals surface area contributed by atoms with Crippen molar-refractivity contribution >= 4 is 44.4 Å². The molecule has 0 aliphatic carbocycles. The van der Waals surface area contributed by atoms with Crippen molar-refractivity contribution in [3.8, 4) is 0 Å². The van der Waals surface area contributed by atoms with E-state index in [2.05, 4.69) is 130 Å². The van der Waals surface area contributed by atoms with E-state index >= 15 is 0 Å². The fourth-order valence-corrected chi connectivity index (χ4v) is 7.04. The number of fused-ring (bicyclic) bond motifs is 8. The van der Waals surface area contributed by atoms with Gasteiger partial charge in [-0.15, -0.1) is 0 Å². The summed E-state index contributed by atoms with van der Waals surface area (Å²) in [6.45, 7) is 38.0. The van der Waals surface area contributed by atoms with Gasteiger partial charge in [0.2, 0.25) is 0 Å². The van der Waals surface area contributed by atoms with Crippen molar-refractivity contribution in [2.75, 3.05) is 0 Å². The van der Waals surface area contributed by atoms with Gasteiger partial charge in [-0.25, -0.2) is 0 Å². The molecule has 2 aliphatic rings. The first kappa shape index (κ1) is 48.9. The lowest BCUT2D eigenvalue weighted by Crippen LogP contribution is -1.93. The van der Waals surface area contributed by atoms with E-state index in [1.54, 1.807) is 18.2 Å². The minimum Gasteiger partial charge on any atom is -0.354 e. The molecular weight excluding hydrogens is 717 g/mol. The summed E-state index contributed by atoms with van der Waals surface area (Å²) >= 11 is 0. The molecule has 8 bridgehead atoms. The SMILES string of the molecule is C=C/C=C\C(=C/C)c1c2nc(c(C(/C=C\C=C)=C/C)c3ccc([nH]3)c(C(/C=C\C=C)=C/C=C)c3nc(c(C(/C=C\C=C)=C/C)c4ccc1[nH]4)CC3)CC2.CC.CC.CC. The predicted molar refractivity (Wildman–Crippen MR) is 266 cm³/mol. The molecule has 2 aliphatic heterocycles. The number of H-pyrrole nitrogens is 2. The zero-order chi connectivity index (χ0) is 43.7. The van der Waals surface area contributed by atoms with Crippen molar-refractivity contribution in [3.63, 3.8) is 0 Å². The van der Waals surface area contributed by atoms with Gasteiger partial charge in [-0.2, -0.15) is 0 Å². The topological polar surface area (TPSA) is 57.4 Å². The van der Waals surface area contributed by atoms with Crippen LogP contribution in [0.4, 0.5) is 0 Å². The fourth-order valence-electron chi connectivity index (χ4n) is 7.04. The lowest BCUT2D eigenvalue weighted by atomic mass is 9.99. The highest BCUT2D eigenvalue weighted by Gasteiger charge is 2.22. The predicted octanol–water partition coefficient (Wildman–Crippen LogP) is 15.7. The summed E-state index contributed by atoms with van der Waals surface area (Å²) in [5, 5.41) is 0. The van der Waals surface area contributed by atoms with E-state index in [4.69, 9.17) is 9.97 Å². The van der Waals surface area contributed by atoms with E-state index in [9.17, 15) is 0 Å². The summed E-state index contributed by atoms with van der Waals surface area (Å²) in [4.78, 5) is 18.6. The summed E-state index contributed by atoms with van der Waals surface area (Å²) in [7, 11) is 0. The third kappa shape index (κ3) is 12.1. The fraction of sp³-hybridized carbons (Fsp3) is 0.236. The Bertz CT molecular complexity index is 2320. The maximum Gasteiger partial charge on any atom is 0.0510 e. The van der Waals surface area contributed by atoms with E-state index < -0.39 is 0 Å². The Labute approximate surface area is 356 Å². The number of hydrogen-bond acceptors (Lipinski definition) is 2. The maximum atomic E-state index is 5.47. The lowest BCUT2D eigenvalue weighted by Gasteiger charge is -2.08. The van der Waals surface area contributed by atoms with E-state index in [0.29, 0.717) is 0 Å². The number of aromatic nitrogens is 4. The molecule has 59 heavy (non-hydrogen) atoms. The van der Waals surface area contributed by atoms with Crippen LogP contribution in [-0.2, 0) is 25.7 Å². The van der Waals surface area contributed by atoms with E-state index in [0.717, 1.165) is 115 Å². The number of nitrogens with zero attached hydrogens (tertiary/aromatic N) is 2. The smallest absolute Gasteiger partial charge is 0.0510 e. The van der Waals surface area contributed by atoms with Crippen molar-refractivity contribution < 1.29 is 0 Å². The molecule has 0 saturated carbocycles. The summed E-state index contributed by atoms with van der Waals surface area (Å²) in [5.41, 5.74) is 16.4. The Balaban J connectivity index is 0.00000191. The highest BCUT2D eigenvalue weighted by atomic mass is 14.8. The van der Waals surface area contributed by atoms with Crippen molar-refractivity contribution in [3.05, 3.63) is 205 Å². The molecule has 4 heteroatoms. The van der Waals surface area contributed by atoms with Crippen LogP contribution in [0.25, 0.3) is 44.4 Å². The molecule has 2 N–H and O–H groups in total. The van der Waals surface area contributed by atoms with Crippen LogP contribution < -0.4 is 0 Å². The highest BCUT2D eigenvalue weighted by molar-refractivity contribution is 5.93. The summed E-state index contributed by atoms with van der Waals surface area (Å²) in [6.07, 6.45) is 36.9. The van der Waals surface area contributed by atoms with Crippen LogP contribution in [0.3, 0.4) is 0 Å². The zero-order valence-electron chi connectivity index (χ0n) is 37.4. The van der Waals surface area contributed by atoms with Gasteiger partial charge in [0.15, 0.2) is 0 Å². The first-order chi connectivity index (χ1) is 29.0. The molecule has 0 radical (unpaired) electrons. The van der Waals surface area contributed by atoms with Crippen LogP contribution in [0.1, 0.15) is 107 Å². The van der Waals surface area contributed by atoms with Crippen molar-refractivity contribution in [1.82, 2.24) is 19.9 Å². The zero-order valence-corrected chi connectivity index (χ0v) is 37.4. The second-order valence-corrected chi connectivity index (χ2v) is 12.6. The molecule has 0 unspecified atom stereocenters. The Morgan fingerprint density at radius 3 is 0.915 bits per heavy atom. The van der Waals surface area contributed by atoms with Crippen LogP contribution in [0.5, 0.6) is 0 Å². The number of allylic oxidation sites excluding steroid dienone is 21. The number of hydrogen-bond donors (Lipinski definition) is 2. The molecule has 308 valence electrons. The van der Waals surface area contributed by atoms with Gasteiger partial charge in [0.1, 0.15) is 0 Å². The Morgan fingerprint density at radius 2 is 0.678 bits per heavy atom. The second-order valence-electron chi connectivity index (χ2n) is 12.6. The number of aryl methyl sites for hydroxylation is 4. The van der Waals surface area contributed by atoms with Crippen LogP contribution in [0, 0.1) is 0 Å². The molecule has 5 heterocycles. The first-order valence-electron chi connectivity index (χ1n) is 21.2. The standard InChI is InChI=1S/C49H50N4.3C2H6/c1-9-17-22-34(14-6)46-38-26-28-40(50-38)47(35(15-7)23-18-10-2)42-30-32-44(52-42)49(37(21-13-5)25-20-12-4)45-33-31-43(53-45)48(36(16-8)24-19-11-3)41-29-27-39(46)51-41;3*1-2/h9-26,28,31,33,50,53H,1-5,27,29-30,32H2,6-8H3;3*1-2H3/b22-17-,23-18-,24-19-,25-20-,34-14+,35-15+,36-16+,37-21+,46-38?,46-39?,47-40?,47-42?,48-41?,48-43?,49-44?,49-45?;;;. The monoisotopic (exact) mass is 785 g/mol. The van der Waals surface area contributed by atoms with Crippen LogP contribution in [0.2, 0.25) is 0 Å². The third-order valence-electron chi connectivity index (χ3n) is 9.37. The van der Waals surface area contributed by atoms with Crippen molar-refractivity contribution in [1.29, 1.82) is 0 Å². The van der Waals surface area contributed by atoms with Gasteiger partial charge in [0, 0.05) is 44.3 Å². The molecule has 5 rings (SSSR count). The van der Waals surface area contributed by atoms with E-state index in [1.807, 2.05) is 84.1 Å². The van der Waals surface area contributed by atoms with Gasteiger partial charge in [-0.1, -0.05) is 178 Å². The van der Waals surface area contributed by atoms with Gasteiger partial charge in [0.05, 0.1) is 22.8 Å². The quantitative estimate of drug-likeness (QED) is 0.170. The van der Waals surface area contributed by atoms with Crippen molar-refractivity contribution in [2.45, 2.75) is 88.0 Å². The third-order valence-corrected chi connectivity index (χ3v) is 9.37.